The molecular formula is C36H34ClF2N3O5. The van der Waals surface area contributed by atoms with Crippen LogP contribution >= 0.6 is 11.6 Å². The Morgan fingerprint density at radius 1 is 1.06 bits per heavy atom. The number of benzene rings is 3. The number of alkyl halides is 2. The van der Waals surface area contributed by atoms with Crippen LogP contribution in [0.4, 0.5) is 8.78 Å². The molecule has 0 saturated carbocycles. The minimum Gasteiger partial charge on any atom is -0.493 e. The van der Waals surface area contributed by atoms with Crippen LogP contribution in [0.2, 0.25) is 5.02 Å². The van der Waals surface area contributed by atoms with E-state index in [-0.39, 0.29) is 59.3 Å². The minimum absolute atomic E-state index is 0.0589. The number of aliphatic hydroxyl groups is 1. The maximum atomic E-state index is 14.5. The van der Waals surface area contributed by atoms with E-state index >= 15 is 0 Å². The van der Waals surface area contributed by atoms with Gasteiger partial charge in [-0.25, -0.2) is 8.78 Å². The highest BCUT2D eigenvalue weighted by Crippen LogP contribution is 2.40. The van der Waals surface area contributed by atoms with E-state index in [1.807, 2.05) is 19.1 Å². The number of halogens is 3. The van der Waals surface area contributed by atoms with Gasteiger partial charge in [0.25, 0.3) is 6.43 Å². The Morgan fingerprint density at radius 2 is 1.85 bits per heavy atom. The first-order valence-corrected chi connectivity index (χ1v) is 15.6. The first-order valence-electron chi connectivity index (χ1n) is 15.2. The molecule has 1 fully saturated rings. The predicted molar refractivity (Wildman–Crippen MR) is 173 cm³/mol. The molecule has 1 aromatic heterocycles. The van der Waals surface area contributed by atoms with Crippen molar-refractivity contribution < 1.29 is 32.9 Å². The van der Waals surface area contributed by atoms with Gasteiger partial charge in [0.2, 0.25) is 0 Å². The molecule has 0 unspecified atom stereocenters. The van der Waals surface area contributed by atoms with E-state index in [0.29, 0.717) is 41.5 Å². The topological polar surface area (TPSA) is 105 Å². The Balaban J connectivity index is 1.31. The van der Waals surface area contributed by atoms with Gasteiger partial charge in [0, 0.05) is 43.7 Å². The number of likely N-dealkylation sites (tertiary alicyclic amines) is 1. The first kappa shape index (κ1) is 33.8. The number of carbonyl (C=O) groups is 1. The molecule has 0 radical (unpaired) electrons. The fourth-order valence-electron chi connectivity index (χ4n) is 5.57. The summed E-state index contributed by atoms with van der Waals surface area (Å²) < 4.78 is 46.8. The molecule has 3 aromatic carbocycles. The summed E-state index contributed by atoms with van der Waals surface area (Å²) >= 11 is 6.44. The van der Waals surface area contributed by atoms with Crippen LogP contribution in [0, 0.1) is 18.3 Å². The molecule has 0 bridgehead atoms. The molecule has 2 heterocycles. The van der Waals surface area contributed by atoms with Crippen LogP contribution in [-0.4, -0.2) is 53.6 Å². The Hall–Kier alpha value is -4.56. The monoisotopic (exact) mass is 661 g/mol. The molecule has 244 valence electrons. The van der Waals surface area contributed by atoms with Gasteiger partial charge in [-0.3, -0.25) is 9.78 Å². The van der Waals surface area contributed by atoms with Crippen LogP contribution in [-0.2, 0) is 13.2 Å². The summed E-state index contributed by atoms with van der Waals surface area (Å²) in [5, 5.41) is 19.0. The average Bonchev–Trinajstić information content (AvgIpc) is 3.50. The maximum Gasteiger partial charge on any atom is 0.268 e. The summed E-state index contributed by atoms with van der Waals surface area (Å²) in [5.74, 6) is 0.654. The van der Waals surface area contributed by atoms with E-state index in [9.17, 15) is 18.7 Å². The van der Waals surface area contributed by atoms with Crippen molar-refractivity contribution in [3.63, 3.8) is 0 Å². The standard InChI is InChI=1S/C36H34ClF2N3O5/c1-23-26(22-47-34-15-33(27(20-43)14-31(34)37)46-21-25-13-24(16-40)17-41-18-25)5-2-6-29(23)30-7-3-8-32(35(30)36(38)39)45-12-4-10-42-11-9-28(44)19-42/h2-3,5-8,13-15,17-18,20,28,36,44H,4,9-12,19,21-22H2,1H3/t28-/m1/s1. The van der Waals surface area contributed by atoms with Gasteiger partial charge < -0.3 is 24.2 Å². The lowest BCUT2D eigenvalue weighted by molar-refractivity contribution is 0.111. The minimum atomic E-state index is -2.76. The number of aromatic nitrogens is 1. The lowest BCUT2D eigenvalue weighted by Crippen LogP contribution is -2.24. The quantitative estimate of drug-likeness (QED) is 0.111. The van der Waals surface area contributed by atoms with Crippen molar-refractivity contribution >= 4 is 17.9 Å². The van der Waals surface area contributed by atoms with E-state index in [0.717, 1.165) is 30.6 Å². The van der Waals surface area contributed by atoms with Crippen LogP contribution < -0.4 is 14.2 Å². The molecule has 1 aliphatic rings. The Kier molecular flexibility index (Phi) is 11.4. The number of nitriles is 1. The highest BCUT2D eigenvalue weighted by molar-refractivity contribution is 6.32. The summed E-state index contributed by atoms with van der Waals surface area (Å²) in [6.45, 7) is 4.42. The van der Waals surface area contributed by atoms with Gasteiger partial charge in [0.15, 0.2) is 6.29 Å². The number of ether oxygens (including phenoxy) is 3. The predicted octanol–water partition coefficient (Wildman–Crippen LogP) is 7.33. The van der Waals surface area contributed by atoms with Gasteiger partial charge >= 0.3 is 0 Å². The molecule has 1 atom stereocenters. The third kappa shape index (κ3) is 8.43. The summed E-state index contributed by atoms with van der Waals surface area (Å²) in [6, 6.07) is 17.0. The van der Waals surface area contributed by atoms with Crippen LogP contribution in [0.25, 0.3) is 11.1 Å². The Morgan fingerprint density at radius 3 is 2.60 bits per heavy atom. The fraction of sp³-hybridized carbons (Fsp3) is 0.306. The van der Waals surface area contributed by atoms with E-state index in [1.54, 1.807) is 42.6 Å². The largest absolute Gasteiger partial charge is 0.493 e. The summed E-state index contributed by atoms with van der Waals surface area (Å²) in [7, 11) is 0. The first-order chi connectivity index (χ1) is 22.8. The fourth-order valence-corrected chi connectivity index (χ4v) is 5.80. The van der Waals surface area contributed by atoms with E-state index in [1.165, 1.54) is 18.3 Å². The second kappa shape index (κ2) is 15.8. The van der Waals surface area contributed by atoms with Crippen molar-refractivity contribution in [3.8, 4) is 34.4 Å². The average molecular weight is 662 g/mol. The molecule has 1 N–H and O–H groups in total. The second-order valence-electron chi connectivity index (χ2n) is 11.3. The number of aliphatic hydroxyl groups excluding tert-OH is 1. The van der Waals surface area contributed by atoms with Gasteiger partial charge in [0.05, 0.1) is 34.4 Å². The van der Waals surface area contributed by atoms with Crippen LogP contribution in [0.1, 0.15) is 57.4 Å². The molecule has 5 rings (SSSR count). The molecule has 0 amide bonds. The van der Waals surface area contributed by atoms with Crippen molar-refractivity contribution in [1.29, 1.82) is 5.26 Å². The van der Waals surface area contributed by atoms with E-state index in [4.69, 9.17) is 31.1 Å². The number of hydrogen-bond acceptors (Lipinski definition) is 8. The molecule has 0 spiro atoms. The summed E-state index contributed by atoms with van der Waals surface area (Å²) in [5.41, 5.74) is 3.58. The van der Waals surface area contributed by atoms with Crippen molar-refractivity contribution in [2.24, 2.45) is 0 Å². The third-order valence-corrected chi connectivity index (χ3v) is 8.33. The van der Waals surface area contributed by atoms with Crippen molar-refractivity contribution in [2.75, 3.05) is 26.2 Å². The van der Waals surface area contributed by atoms with Crippen molar-refractivity contribution in [3.05, 3.63) is 105 Å². The van der Waals surface area contributed by atoms with Gasteiger partial charge in [-0.2, -0.15) is 5.26 Å². The van der Waals surface area contributed by atoms with Crippen LogP contribution in [0.3, 0.4) is 0 Å². The number of rotatable bonds is 14. The molecule has 1 saturated heterocycles. The smallest absolute Gasteiger partial charge is 0.268 e. The second-order valence-corrected chi connectivity index (χ2v) is 11.7. The number of β-amino-alcohol motifs (C(OH)–C–C–N with tert-alkyl or cyclic N) is 1. The van der Waals surface area contributed by atoms with Gasteiger partial charge in [-0.1, -0.05) is 41.9 Å². The molecule has 8 nitrogen and oxygen atoms in total. The van der Waals surface area contributed by atoms with Crippen molar-refractivity contribution in [2.45, 2.75) is 45.5 Å². The zero-order valence-electron chi connectivity index (χ0n) is 25.8. The Bertz CT molecular complexity index is 1760. The summed E-state index contributed by atoms with van der Waals surface area (Å²) in [4.78, 5) is 17.9. The number of carbonyl (C=O) groups excluding carboxylic acids is 1. The van der Waals surface area contributed by atoms with E-state index in [2.05, 4.69) is 9.88 Å². The Labute approximate surface area is 277 Å². The van der Waals surface area contributed by atoms with E-state index < -0.39 is 6.43 Å². The molecule has 4 aromatic rings. The highest BCUT2D eigenvalue weighted by Gasteiger charge is 2.23. The maximum absolute atomic E-state index is 14.5. The number of nitrogens with zero attached hydrogens (tertiary/aromatic N) is 3. The third-order valence-electron chi connectivity index (χ3n) is 8.04. The molecule has 11 heteroatoms. The normalized spacial score (nSPS) is 14.6. The summed E-state index contributed by atoms with van der Waals surface area (Å²) in [6.07, 6.45) is 1.96. The van der Waals surface area contributed by atoms with Crippen LogP contribution in [0.15, 0.2) is 67.0 Å². The molecule has 1 aliphatic heterocycles. The molecule has 47 heavy (non-hydrogen) atoms. The molecule has 0 aliphatic carbocycles. The van der Waals surface area contributed by atoms with Gasteiger partial charge in [-0.15, -0.1) is 0 Å². The SMILES string of the molecule is Cc1c(COc2cc(OCc3cncc(C#N)c3)c(C=O)cc2Cl)cccc1-c1cccc(OCCCN2CC[C@@H](O)C2)c1C(F)F. The number of aldehydes is 1. The van der Waals surface area contributed by atoms with Gasteiger partial charge in [0.1, 0.15) is 36.5 Å². The van der Waals surface area contributed by atoms with Crippen LogP contribution in [0.5, 0.6) is 17.2 Å². The zero-order chi connectivity index (χ0) is 33.3. The lowest BCUT2D eigenvalue weighted by atomic mass is 9.93. The van der Waals surface area contributed by atoms with Gasteiger partial charge in [-0.05, 0) is 60.2 Å². The lowest BCUT2D eigenvalue weighted by Gasteiger charge is -2.19. The number of hydrogen-bond donors (Lipinski definition) is 1. The number of pyridine rings is 1. The van der Waals surface area contributed by atoms with Crippen molar-refractivity contribution in [1.82, 2.24) is 9.88 Å². The molecular weight excluding hydrogens is 628 g/mol. The zero-order valence-corrected chi connectivity index (χ0v) is 26.6. The highest BCUT2D eigenvalue weighted by atomic mass is 35.5.